The molecule has 7 heteroatoms. The maximum absolute atomic E-state index is 12.6. The van der Waals surface area contributed by atoms with Crippen LogP contribution < -0.4 is 5.73 Å². The number of rotatable bonds is 3. The van der Waals surface area contributed by atoms with E-state index in [1.165, 1.54) is 4.31 Å². The maximum atomic E-state index is 12.6. The summed E-state index contributed by atoms with van der Waals surface area (Å²) in [7, 11) is -3.53. The quantitative estimate of drug-likeness (QED) is 0.882. The summed E-state index contributed by atoms with van der Waals surface area (Å²) in [5.41, 5.74) is 5.78. The van der Waals surface area contributed by atoms with Crippen molar-refractivity contribution in [2.45, 2.75) is 37.8 Å². The molecule has 6 nitrogen and oxygen atoms in total. The molecule has 0 aromatic carbocycles. The van der Waals surface area contributed by atoms with Crippen molar-refractivity contribution in [3.63, 3.8) is 0 Å². The molecule has 0 saturated carbocycles. The van der Waals surface area contributed by atoms with Crippen LogP contribution in [0.4, 0.5) is 0 Å². The summed E-state index contributed by atoms with van der Waals surface area (Å²) >= 11 is 0. The fourth-order valence-corrected chi connectivity index (χ4v) is 3.85. The molecule has 2 heterocycles. The molecule has 1 aromatic heterocycles. The van der Waals surface area contributed by atoms with Crippen LogP contribution in [-0.2, 0) is 14.8 Å². The Balaban J connectivity index is 2.27. The first kappa shape index (κ1) is 14.5. The highest BCUT2D eigenvalue weighted by Crippen LogP contribution is 2.25. The van der Waals surface area contributed by atoms with Crippen LogP contribution in [0.3, 0.4) is 0 Å². The second-order valence-corrected chi connectivity index (χ2v) is 6.82. The highest BCUT2D eigenvalue weighted by molar-refractivity contribution is 7.89. The largest absolute Gasteiger partial charge is 0.465 e. The fourth-order valence-electron chi connectivity index (χ4n) is 2.19. The Morgan fingerprint density at radius 2 is 2.16 bits per heavy atom. The average Bonchev–Trinajstić information content (AvgIpc) is 2.69. The summed E-state index contributed by atoms with van der Waals surface area (Å²) < 4.78 is 37.3. The van der Waals surface area contributed by atoms with Crippen LogP contribution in [0, 0.1) is 13.8 Å². The third-order valence-corrected chi connectivity index (χ3v) is 5.23. The van der Waals surface area contributed by atoms with Gasteiger partial charge in [0, 0.05) is 19.1 Å². The SMILES string of the molecule is Cc1cc(S(=O)(=O)N2CCO[C@@H]([C@H](C)N)C2)c(C)o1. The lowest BCUT2D eigenvalue weighted by atomic mass is 10.2. The number of aryl methyl sites for hydroxylation is 2. The topological polar surface area (TPSA) is 85.8 Å². The molecule has 108 valence electrons. The molecule has 1 aliphatic heterocycles. The van der Waals surface area contributed by atoms with Gasteiger partial charge in [-0.25, -0.2) is 8.42 Å². The smallest absolute Gasteiger partial charge is 0.246 e. The van der Waals surface area contributed by atoms with Crippen molar-refractivity contribution in [3.8, 4) is 0 Å². The predicted molar refractivity (Wildman–Crippen MR) is 70.3 cm³/mol. The van der Waals surface area contributed by atoms with Crippen molar-refractivity contribution in [1.82, 2.24) is 4.31 Å². The zero-order chi connectivity index (χ0) is 14.2. The molecule has 0 spiro atoms. The van der Waals surface area contributed by atoms with Gasteiger partial charge >= 0.3 is 0 Å². The van der Waals surface area contributed by atoms with Crippen LogP contribution >= 0.6 is 0 Å². The molecule has 2 N–H and O–H groups in total. The second-order valence-electron chi connectivity index (χ2n) is 4.91. The normalized spacial score (nSPS) is 23.5. The summed E-state index contributed by atoms with van der Waals surface area (Å²) in [4.78, 5) is 0.232. The van der Waals surface area contributed by atoms with Gasteiger partial charge in [0.05, 0.1) is 12.7 Å². The number of hydrogen-bond acceptors (Lipinski definition) is 5. The Morgan fingerprint density at radius 3 is 2.68 bits per heavy atom. The van der Waals surface area contributed by atoms with Crippen molar-refractivity contribution in [2.24, 2.45) is 5.73 Å². The van der Waals surface area contributed by atoms with Gasteiger partial charge in [-0.3, -0.25) is 0 Å². The van der Waals surface area contributed by atoms with Gasteiger partial charge in [-0.2, -0.15) is 4.31 Å². The first-order valence-corrected chi connectivity index (χ1v) is 7.70. The van der Waals surface area contributed by atoms with Crippen LogP contribution in [0.25, 0.3) is 0 Å². The zero-order valence-corrected chi connectivity index (χ0v) is 12.2. The van der Waals surface area contributed by atoms with Crippen LogP contribution in [0.1, 0.15) is 18.4 Å². The van der Waals surface area contributed by atoms with E-state index in [1.807, 2.05) is 6.92 Å². The Hall–Kier alpha value is -0.890. The molecular weight excluding hydrogens is 268 g/mol. The molecule has 1 fully saturated rings. The number of furan rings is 1. The lowest BCUT2D eigenvalue weighted by Crippen LogP contribution is -2.51. The number of sulfonamides is 1. The number of nitrogens with two attached hydrogens (primary N) is 1. The van der Waals surface area contributed by atoms with Crippen LogP contribution in [-0.4, -0.2) is 44.6 Å². The van der Waals surface area contributed by atoms with E-state index in [0.29, 0.717) is 24.7 Å². The van der Waals surface area contributed by atoms with Gasteiger partial charge in [-0.05, 0) is 26.8 Å². The Kier molecular flexibility index (Phi) is 4.00. The third-order valence-electron chi connectivity index (χ3n) is 3.26. The zero-order valence-electron chi connectivity index (χ0n) is 11.4. The number of nitrogens with zero attached hydrogens (tertiary/aromatic N) is 1. The summed E-state index contributed by atoms with van der Waals surface area (Å²) in [5.74, 6) is 1.01. The molecule has 2 atom stereocenters. The van der Waals surface area contributed by atoms with Crippen molar-refractivity contribution >= 4 is 10.0 Å². The van der Waals surface area contributed by atoms with Crippen LogP contribution in [0.15, 0.2) is 15.4 Å². The van der Waals surface area contributed by atoms with Gasteiger partial charge in [0.1, 0.15) is 16.4 Å². The Labute approximate surface area is 113 Å². The molecule has 0 radical (unpaired) electrons. The van der Waals surface area contributed by atoms with Gasteiger partial charge in [0.15, 0.2) is 0 Å². The first-order valence-electron chi connectivity index (χ1n) is 6.26. The fraction of sp³-hybridized carbons (Fsp3) is 0.667. The van der Waals surface area contributed by atoms with Crippen molar-refractivity contribution < 1.29 is 17.6 Å². The lowest BCUT2D eigenvalue weighted by Gasteiger charge is -2.33. The van der Waals surface area contributed by atoms with Gasteiger partial charge in [-0.15, -0.1) is 0 Å². The number of hydrogen-bond donors (Lipinski definition) is 1. The number of ether oxygens (including phenoxy) is 1. The van der Waals surface area contributed by atoms with E-state index in [0.717, 1.165) is 0 Å². The molecule has 0 bridgehead atoms. The van der Waals surface area contributed by atoms with E-state index in [2.05, 4.69) is 0 Å². The molecule has 0 amide bonds. The van der Waals surface area contributed by atoms with Crippen molar-refractivity contribution in [3.05, 3.63) is 17.6 Å². The maximum Gasteiger partial charge on any atom is 0.246 e. The standard InChI is InChI=1S/C12H20N2O4S/c1-8-6-12(10(3)18-8)19(15,16)14-4-5-17-11(7-14)9(2)13/h6,9,11H,4-5,7,13H2,1-3H3/t9-,11+/m0/s1. The molecule has 1 aliphatic rings. The van der Waals surface area contributed by atoms with Gasteiger partial charge in [0.25, 0.3) is 0 Å². The van der Waals surface area contributed by atoms with Crippen molar-refractivity contribution in [1.29, 1.82) is 0 Å². The minimum absolute atomic E-state index is 0.204. The molecule has 0 aliphatic carbocycles. The van der Waals surface area contributed by atoms with E-state index in [-0.39, 0.29) is 23.6 Å². The van der Waals surface area contributed by atoms with E-state index in [4.69, 9.17) is 14.9 Å². The second kappa shape index (κ2) is 5.24. The molecular formula is C12H20N2O4S. The predicted octanol–water partition coefficient (Wildman–Crippen LogP) is 0.633. The highest BCUT2D eigenvalue weighted by Gasteiger charge is 2.34. The Bertz CT molecular complexity index is 550. The summed E-state index contributed by atoms with van der Waals surface area (Å²) in [6.07, 6.45) is -0.267. The average molecular weight is 288 g/mol. The first-order chi connectivity index (χ1) is 8.82. The monoisotopic (exact) mass is 288 g/mol. The third kappa shape index (κ3) is 2.84. The summed E-state index contributed by atoms with van der Waals surface area (Å²) in [6.45, 7) is 6.19. The van der Waals surface area contributed by atoms with E-state index in [9.17, 15) is 8.42 Å². The van der Waals surface area contributed by atoms with Crippen LogP contribution in [0.2, 0.25) is 0 Å². The minimum Gasteiger partial charge on any atom is -0.465 e. The van der Waals surface area contributed by atoms with Gasteiger partial charge in [0.2, 0.25) is 10.0 Å². The van der Waals surface area contributed by atoms with E-state index in [1.54, 1.807) is 19.9 Å². The molecule has 1 aromatic rings. The molecule has 0 unspecified atom stereocenters. The highest BCUT2D eigenvalue weighted by atomic mass is 32.2. The van der Waals surface area contributed by atoms with Gasteiger partial charge < -0.3 is 14.9 Å². The molecule has 19 heavy (non-hydrogen) atoms. The lowest BCUT2D eigenvalue weighted by molar-refractivity contribution is -0.0120. The minimum atomic E-state index is -3.53. The molecule has 1 saturated heterocycles. The van der Waals surface area contributed by atoms with E-state index >= 15 is 0 Å². The van der Waals surface area contributed by atoms with E-state index < -0.39 is 10.0 Å². The van der Waals surface area contributed by atoms with Crippen LogP contribution in [0.5, 0.6) is 0 Å². The Morgan fingerprint density at radius 1 is 1.47 bits per heavy atom. The van der Waals surface area contributed by atoms with Gasteiger partial charge in [-0.1, -0.05) is 0 Å². The summed E-state index contributed by atoms with van der Waals surface area (Å²) in [5, 5.41) is 0. The molecule has 2 rings (SSSR count). The van der Waals surface area contributed by atoms with Crippen molar-refractivity contribution in [2.75, 3.05) is 19.7 Å². The number of morpholine rings is 1. The summed E-state index contributed by atoms with van der Waals surface area (Å²) in [6, 6.07) is 1.35.